The van der Waals surface area contributed by atoms with Gasteiger partial charge in [-0.05, 0) is 60.5 Å². The number of carbonyl (C=O) groups excluding carboxylic acids is 3. The third-order valence-corrected chi connectivity index (χ3v) is 6.24. The summed E-state index contributed by atoms with van der Waals surface area (Å²) in [6.45, 7) is 10.9. The van der Waals surface area contributed by atoms with Crippen LogP contribution in [0.2, 0.25) is 0 Å². The number of amides is 2. The van der Waals surface area contributed by atoms with Crippen molar-refractivity contribution in [3.63, 3.8) is 0 Å². The van der Waals surface area contributed by atoms with Gasteiger partial charge in [-0.3, -0.25) is 9.59 Å². The monoisotopic (exact) mass is 549 g/mol. The van der Waals surface area contributed by atoms with E-state index in [0.717, 1.165) is 31.5 Å². The molecule has 0 saturated carbocycles. The largest absolute Gasteiger partial charge is 0.491 e. The highest BCUT2D eigenvalue weighted by atomic mass is 16.5. The van der Waals surface area contributed by atoms with Crippen LogP contribution in [-0.4, -0.2) is 55.5 Å². The van der Waals surface area contributed by atoms with Crippen LogP contribution in [0.1, 0.15) is 62.9 Å². The van der Waals surface area contributed by atoms with Gasteiger partial charge < -0.3 is 25.4 Å². The average molecular weight is 550 g/mol. The lowest BCUT2D eigenvalue weighted by Crippen LogP contribution is -2.27. The zero-order valence-electron chi connectivity index (χ0n) is 24.2. The molecule has 3 aromatic rings. The lowest BCUT2D eigenvalue weighted by atomic mass is 10.0. The minimum absolute atomic E-state index is 0.0990. The van der Waals surface area contributed by atoms with E-state index in [0.29, 0.717) is 49.6 Å². The molecule has 0 heterocycles. The number of carbonyl (C=O) groups is 3. The lowest BCUT2D eigenvalue weighted by Gasteiger charge is -2.18. The Hall–Kier alpha value is -3.91. The molecule has 0 saturated heterocycles. The minimum Gasteiger partial charge on any atom is -0.491 e. The molecule has 0 unspecified atom stereocenters. The minimum atomic E-state index is -0.392. The molecule has 3 N–H and O–H groups in total. The standard InChI is InChI=1S/C30H38N2O4.C2H5NO/c1-4-7-19-35-28-22-26(30(34)36-20-18-32(5-2)6-3)15-16-27(28)31-29(33)17-13-23-12-14-24-10-8-9-11-25(24)21-23;1-2(3)4/h8-12,14-16,21-22H,4-7,13,17-20H2,1-3H3,(H,31,33);1H3,(H2,3,4). The Kier molecular flexibility index (Phi) is 14.2. The van der Waals surface area contributed by atoms with E-state index in [2.05, 4.69) is 67.1 Å². The Morgan fingerprint density at radius 1 is 0.900 bits per heavy atom. The van der Waals surface area contributed by atoms with Crippen molar-refractivity contribution in [2.24, 2.45) is 5.73 Å². The second-order valence-corrected chi connectivity index (χ2v) is 9.42. The summed E-state index contributed by atoms with van der Waals surface area (Å²) >= 11 is 0. The molecule has 0 spiro atoms. The van der Waals surface area contributed by atoms with Gasteiger partial charge >= 0.3 is 5.97 Å². The molecule has 3 aromatic carbocycles. The van der Waals surface area contributed by atoms with Crippen LogP contribution in [0.25, 0.3) is 10.8 Å². The number of likely N-dealkylation sites (N-methyl/N-ethyl adjacent to an activating group) is 1. The van der Waals surface area contributed by atoms with Gasteiger partial charge in [0.05, 0.1) is 17.9 Å². The predicted octanol–water partition coefficient (Wildman–Crippen LogP) is 5.58. The van der Waals surface area contributed by atoms with E-state index in [1.165, 1.54) is 17.7 Å². The van der Waals surface area contributed by atoms with Crippen molar-refractivity contribution in [2.45, 2.75) is 53.4 Å². The summed E-state index contributed by atoms with van der Waals surface area (Å²) in [7, 11) is 0. The van der Waals surface area contributed by atoms with Crippen molar-refractivity contribution in [3.05, 3.63) is 71.8 Å². The van der Waals surface area contributed by atoms with E-state index in [9.17, 15) is 14.4 Å². The second-order valence-electron chi connectivity index (χ2n) is 9.42. The number of benzene rings is 3. The van der Waals surface area contributed by atoms with Gasteiger partial charge in [-0.15, -0.1) is 0 Å². The summed E-state index contributed by atoms with van der Waals surface area (Å²) in [5, 5.41) is 5.32. The summed E-state index contributed by atoms with van der Waals surface area (Å²) in [6, 6.07) is 19.5. The Balaban J connectivity index is 0.00000131. The van der Waals surface area contributed by atoms with Gasteiger partial charge in [-0.2, -0.15) is 0 Å². The third-order valence-electron chi connectivity index (χ3n) is 6.24. The van der Waals surface area contributed by atoms with E-state index in [4.69, 9.17) is 9.47 Å². The highest BCUT2D eigenvalue weighted by Crippen LogP contribution is 2.27. The molecule has 2 amide bonds. The number of ether oxygens (including phenoxy) is 2. The van der Waals surface area contributed by atoms with Crippen molar-refractivity contribution in [2.75, 3.05) is 38.2 Å². The third kappa shape index (κ3) is 11.5. The number of nitrogens with two attached hydrogens (primary N) is 1. The van der Waals surface area contributed by atoms with Crippen LogP contribution in [0.4, 0.5) is 5.69 Å². The molecule has 8 nitrogen and oxygen atoms in total. The number of anilines is 1. The molecular weight excluding hydrogens is 506 g/mol. The van der Waals surface area contributed by atoms with Crippen molar-refractivity contribution in [1.29, 1.82) is 0 Å². The molecule has 3 rings (SSSR count). The van der Waals surface area contributed by atoms with Crippen LogP contribution in [0, 0.1) is 0 Å². The first-order chi connectivity index (χ1) is 19.3. The van der Waals surface area contributed by atoms with E-state index < -0.39 is 5.97 Å². The van der Waals surface area contributed by atoms with Gasteiger partial charge in [0.1, 0.15) is 12.4 Å². The Morgan fingerprint density at radius 3 is 2.27 bits per heavy atom. The first kappa shape index (κ1) is 32.3. The molecule has 0 aliphatic rings. The van der Waals surface area contributed by atoms with Gasteiger partial charge in [0.15, 0.2) is 0 Å². The van der Waals surface area contributed by atoms with E-state index in [1.807, 2.05) is 12.1 Å². The Morgan fingerprint density at radius 2 is 1.60 bits per heavy atom. The SMILES string of the molecule is CC(N)=O.CCCCOc1cc(C(=O)OCCN(CC)CC)ccc1NC(=O)CCc1ccc2ccccc2c1. The van der Waals surface area contributed by atoms with Gasteiger partial charge in [-0.1, -0.05) is 69.7 Å². The summed E-state index contributed by atoms with van der Waals surface area (Å²) in [5.41, 5.74) is 6.57. The van der Waals surface area contributed by atoms with E-state index in [-0.39, 0.29) is 11.8 Å². The maximum Gasteiger partial charge on any atom is 0.338 e. The number of hydrogen-bond acceptors (Lipinski definition) is 6. The van der Waals surface area contributed by atoms with E-state index >= 15 is 0 Å². The zero-order valence-corrected chi connectivity index (χ0v) is 24.2. The topological polar surface area (TPSA) is 111 Å². The fourth-order valence-electron chi connectivity index (χ4n) is 3.95. The lowest BCUT2D eigenvalue weighted by molar-refractivity contribution is -0.116. The molecule has 8 heteroatoms. The van der Waals surface area contributed by atoms with Crippen LogP contribution in [-0.2, 0) is 20.7 Å². The summed E-state index contributed by atoms with van der Waals surface area (Å²) in [5.74, 6) is -0.338. The number of aryl methyl sites for hydroxylation is 1. The molecule has 0 aliphatic heterocycles. The van der Waals surface area contributed by atoms with Crippen LogP contribution in [0.15, 0.2) is 60.7 Å². The van der Waals surface area contributed by atoms with E-state index in [1.54, 1.807) is 18.2 Å². The summed E-state index contributed by atoms with van der Waals surface area (Å²) < 4.78 is 11.4. The number of unbranched alkanes of at least 4 members (excludes halogenated alkanes) is 1. The molecule has 0 bridgehead atoms. The van der Waals surface area contributed by atoms with Crippen LogP contribution in [0.3, 0.4) is 0 Å². The maximum absolute atomic E-state index is 12.7. The molecule has 0 aromatic heterocycles. The van der Waals surface area contributed by atoms with Gasteiger partial charge in [0, 0.05) is 19.9 Å². The van der Waals surface area contributed by atoms with Gasteiger partial charge in [-0.25, -0.2) is 4.79 Å². The molecular formula is C32H43N3O5. The van der Waals surface area contributed by atoms with Crippen LogP contribution in [0.5, 0.6) is 5.75 Å². The van der Waals surface area contributed by atoms with Crippen molar-refractivity contribution in [3.8, 4) is 5.75 Å². The second kappa shape index (κ2) is 17.6. The molecule has 216 valence electrons. The maximum atomic E-state index is 12.7. The van der Waals surface area contributed by atoms with Crippen molar-refractivity contribution < 1.29 is 23.9 Å². The van der Waals surface area contributed by atoms with Gasteiger partial charge in [0.2, 0.25) is 11.8 Å². The first-order valence-corrected chi connectivity index (χ1v) is 14.0. The highest BCUT2D eigenvalue weighted by molar-refractivity contribution is 5.95. The van der Waals surface area contributed by atoms with Crippen LogP contribution >= 0.6 is 0 Å². The normalized spacial score (nSPS) is 10.5. The van der Waals surface area contributed by atoms with Crippen molar-refractivity contribution >= 4 is 34.2 Å². The quantitative estimate of drug-likeness (QED) is 0.201. The van der Waals surface area contributed by atoms with Crippen molar-refractivity contribution in [1.82, 2.24) is 4.90 Å². The Labute approximate surface area is 237 Å². The van der Waals surface area contributed by atoms with Crippen LogP contribution < -0.4 is 15.8 Å². The highest BCUT2D eigenvalue weighted by Gasteiger charge is 2.15. The summed E-state index contributed by atoms with van der Waals surface area (Å²) in [6.07, 6.45) is 2.86. The molecule has 40 heavy (non-hydrogen) atoms. The fraction of sp³-hybridized carbons (Fsp3) is 0.406. The summed E-state index contributed by atoms with van der Waals surface area (Å²) in [4.78, 5) is 36.8. The predicted molar refractivity (Wildman–Crippen MR) is 161 cm³/mol. The number of esters is 1. The zero-order chi connectivity index (χ0) is 29.3. The molecule has 0 radical (unpaired) electrons. The smallest absolute Gasteiger partial charge is 0.338 e. The number of rotatable bonds is 14. The number of nitrogens with zero attached hydrogens (tertiary/aromatic N) is 1. The average Bonchev–Trinajstić information content (AvgIpc) is 2.94. The number of nitrogens with one attached hydrogen (secondary N) is 1. The molecule has 0 aliphatic carbocycles. The molecule has 0 atom stereocenters. The number of fused-ring (bicyclic) bond motifs is 1. The molecule has 0 fully saturated rings. The van der Waals surface area contributed by atoms with Gasteiger partial charge in [0.25, 0.3) is 0 Å². The first-order valence-electron chi connectivity index (χ1n) is 14.0. The Bertz CT molecular complexity index is 1240. The number of primary amides is 1. The fourth-order valence-corrected chi connectivity index (χ4v) is 3.95. The number of hydrogen-bond donors (Lipinski definition) is 2.